The van der Waals surface area contributed by atoms with E-state index in [0.717, 1.165) is 24.1 Å². The van der Waals surface area contributed by atoms with E-state index in [2.05, 4.69) is 4.98 Å². The zero-order valence-electron chi connectivity index (χ0n) is 15.5. The van der Waals surface area contributed by atoms with Crippen LogP contribution in [0.4, 0.5) is 0 Å². The van der Waals surface area contributed by atoms with Crippen LogP contribution in [-0.2, 0) is 29.4 Å². The summed E-state index contributed by atoms with van der Waals surface area (Å²) in [6.07, 6.45) is 3.69. The van der Waals surface area contributed by atoms with Crippen molar-refractivity contribution in [3.8, 4) is 0 Å². The van der Waals surface area contributed by atoms with Gasteiger partial charge in [0.2, 0.25) is 0 Å². The highest BCUT2D eigenvalue weighted by molar-refractivity contribution is 7.86. The number of pyridine rings is 1. The highest BCUT2D eigenvalue weighted by atomic mass is 32.2. The Bertz CT molecular complexity index is 815. The van der Waals surface area contributed by atoms with Gasteiger partial charge in [-0.15, -0.1) is 0 Å². The van der Waals surface area contributed by atoms with E-state index in [9.17, 15) is 8.42 Å². The van der Waals surface area contributed by atoms with Gasteiger partial charge in [0, 0.05) is 32.3 Å². The number of aromatic nitrogens is 1. The Balaban J connectivity index is 1.53. The van der Waals surface area contributed by atoms with Gasteiger partial charge >= 0.3 is 0 Å². The molecule has 0 N–H and O–H groups in total. The molecule has 1 aromatic carbocycles. The fraction of sp³-hybridized carbons (Fsp3) is 0.450. The highest BCUT2D eigenvalue weighted by Gasteiger charge is 2.36. The molecular formula is C20H25NO5S. The van der Waals surface area contributed by atoms with Crippen molar-refractivity contribution in [3.63, 3.8) is 0 Å². The van der Waals surface area contributed by atoms with Crippen LogP contribution in [-0.4, -0.2) is 39.8 Å². The lowest BCUT2D eigenvalue weighted by Gasteiger charge is -2.36. The molecule has 1 saturated heterocycles. The third-order valence-corrected chi connectivity index (χ3v) is 5.97. The first kappa shape index (κ1) is 19.9. The van der Waals surface area contributed by atoms with Crippen molar-refractivity contribution in [1.29, 1.82) is 0 Å². The van der Waals surface area contributed by atoms with Gasteiger partial charge in [0.25, 0.3) is 10.1 Å². The lowest BCUT2D eigenvalue weighted by molar-refractivity contribution is -0.120. The van der Waals surface area contributed by atoms with Gasteiger partial charge < -0.3 is 9.47 Å². The zero-order valence-corrected chi connectivity index (χ0v) is 16.3. The van der Waals surface area contributed by atoms with Crippen LogP contribution in [0.15, 0.2) is 53.6 Å². The maximum absolute atomic E-state index is 12.2. The van der Waals surface area contributed by atoms with Crippen LogP contribution in [0.1, 0.15) is 30.5 Å². The van der Waals surface area contributed by atoms with E-state index in [4.69, 9.17) is 13.7 Å². The first-order valence-corrected chi connectivity index (χ1v) is 10.5. The molecule has 0 unspecified atom stereocenters. The van der Waals surface area contributed by atoms with Crippen molar-refractivity contribution in [1.82, 2.24) is 4.98 Å². The van der Waals surface area contributed by atoms with Crippen molar-refractivity contribution in [3.05, 3.63) is 59.9 Å². The Labute approximate surface area is 160 Å². The molecule has 2 heterocycles. The van der Waals surface area contributed by atoms with E-state index in [0.29, 0.717) is 26.2 Å². The van der Waals surface area contributed by atoms with Crippen LogP contribution < -0.4 is 0 Å². The maximum Gasteiger partial charge on any atom is 0.296 e. The zero-order chi connectivity index (χ0) is 19.2. The van der Waals surface area contributed by atoms with Crippen molar-refractivity contribution >= 4 is 10.1 Å². The molecule has 146 valence electrons. The molecule has 27 heavy (non-hydrogen) atoms. The molecule has 7 heteroatoms. The van der Waals surface area contributed by atoms with Gasteiger partial charge in [-0.05, 0) is 37.6 Å². The number of hydrogen-bond acceptors (Lipinski definition) is 6. The summed E-state index contributed by atoms with van der Waals surface area (Å²) in [6, 6.07) is 12.4. The quantitative estimate of drug-likeness (QED) is 0.508. The molecular weight excluding hydrogens is 366 g/mol. The van der Waals surface area contributed by atoms with Gasteiger partial charge in [-0.1, -0.05) is 23.8 Å². The fourth-order valence-electron chi connectivity index (χ4n) is 3.08. The maximum atomic E-state index is 12.2. The predicted octanol–water partition coefficient (Wildman–Crippen LogP) is 3.21. The third-order valence-electron chi connectivity index (χ3n) is 4.65. The second-order valence-corrected chi connectivity index (χ2v) is 8.23. The summed E-state index contributed by atoms with van der Waals surface area (Å²) in [7, 11) is -3.74. The molecule has 1 fully saturated rings. The average Bonchev–Trinajstić information content (AvgIpc) is 2.69. The van der Waals surface area contributed by atoms with Crippen LogP contribution in [0, 0.1) is 6.92 Å². The summed E-state index contributed by atoms with van der Waals surface area (Å²) in [4.78, 5) is 4.62. The molecule has 1 aliphatic heterocycles. The number of nitrogens with zero attached hydrogens (tertiary/aromatic N) is 1. The Morgan fingerprint density at radius 3 is 2.48 bits per heavy atom. The molecule has 0 spiro atoms. The molecule has 0 radical (unpaired) electrons. The van der Waals surface area contributed by atoms with Crippen LogP contribution in [0.3, 0.4) is 0 Å². The number of hydrogen-bond donors (Lipinski definition) is 0. The van der Waals surface area contributed by atoms with E-state index in [1.165, 1.54) is 0 Å². The molecule has 3 rings (SSSR count). The molecule has 0 bridgehead atoms. The summed E-state index contributed by atoms with van der Waals surface area (Å²) >= 11 is 0. The molecule has 0 saturated carbocycles. The fourth-order valence-corrected chi connectivity index (χ4v) is 4.02. The normalized spacial score (nSPS) is 16.9. The second kappa shape index (κ2) is 8.93. The second-order valence-electron chi connectivity index (χ2n) is 6.61. The average molecular weight is 391 g/mol. The van der Waals surface area contributed by atoms with Crippen LogP contribution in [0.5, 0.6) is 0 Å². The lowest BCUT2D eigenvalue weighted by Crippen LogP contribution is -2.37. The predicted molar refractivity (Wildman–Crippen MR) is 101 cm³/mol. The third kappa shape index (κ3) is 5.13. The summed E-state index contributed by atoms with van der Waals surface area (Å²) in [5, 5.41) is 0. The van der Waals surface area contributed by atoms with Crippen molar-refractivity contribution in [2.24, 2.45) is 0 Å². The topological polar surface area (TPSA) is 74.7 Å². The summed E-state index contributed by atoms with van der Waals surface area (Å²) in [6.45, 7) is 3.61. The van der Waals surface area contributed by atoms with Gasteiger partial charge in [0.15, 0.2) is 0 Å². The van der Waals surface area contributed by atoms with E-state index in [-0.39, 0.29) is 11.5 Å². The van der Waals surface area contributed by atoms with Gasteiger partial charge in [-0.3, -0.25) is 9.17 Å². The molecule has 0 amide bonds. The van der Waals surface area contributed by atoms with E-state index in [1.807, 2.05) is 25.1 Å². The number of benzene rings is 1. The molecule has 2 aromatic rings. The monoisotopic (exact) mass is 391 g/mol. The van der Waals surface area contributed by atoms with Gasteiger partial charge in [0.1, 0.15) is 5.60 Å². The number of ether oxygens (including phenoxy) is 2. The Hall–Kier alpha value is -1.80. The Morgan fingerprint density at radius 1 is 1.07 bits per heavy atom. The Kier molecular flexibility index (Phi) is 6.59. The van der Waals surface area contributed by atoms with Gasteiger partial charge in [-0.25, -0.2) is 0 Å². The minimum Gasteiger partial charge on any atom is -0.381 e. The van der Waals surface area contributed by atoms with E-state index >= 15 is 0 Å². The Morgan fingerprint density at radius 2 is 1.81 bits per heavy atom. The number of rotatable bonds is 8. The summed E-state index contributed by atoms with van der Waals surface area (Å²) < 4.78 is 41.2. The molecule has 0 atom stereocenters. The molecule has 1 aliphatic rings. The summed E-state index contributed by atoms with van der Waals surface area (Å²) in [5.74, 6) is 0. The van der Waals surface area contributed by atoms with Crippen LogP contribution in [0.25, 0.3) is 0 Å². The first-order valence-electron chi connectivity index (χ1n) is 9.11. The largest absolute Gasteiger partial charge is 0.381 e. The first-order chi connectivity index (χ1) is 13.0. The van der Waals surface area contributed by atoms with Crippen molar-refractivity contribution in [2.75, 3.05) is 26.4 Å². The van der Waals surface area contributed by atoms with Crippen molar-refractivity contribution < 1.29 is 22.1 Å². The van der Waals surface area contributed by atoms with Gasteiger partial charge in [-0.2, -0.15) is 8.42 Å². The highest BCUT2D eigenvalue weighted by Crippen LogP contribution is 2.34. The van der Waals surface area contributed by atoms with Gasteiger partial charge in [0.05, 0.1) is 23.8 Å². The minimum atomic E-state index is -3.74. The molecule has 0 aliphatic carbocycles. The lowest BCUT2D eigenvalue weighted by atomic mass is 9.90. The molecule has 6 nitrogen and oxygen atoms in total. The number of aryl methyl sites for hydroxylation is 1. The summed E-state index contributed by atoms with van der Waals surface area (Å²) in [5.41, 5.74) is 1.41. The smallest absolute Gasteiger partial charge is 0.296 e. The standard InChI is InChI=1S/C20H25NO5S/c1-17-6-8-18(9-7-17)27(22,23)26-14-4-13-25-20(10-15-24-16-11-20)19-5-2-3-12-21-19/h2-3,5-9,12H,4,10-11,13-16H2,1H3. The minimum absolute atomic E-state index is 0.0744. The molecule has 1 aromatic heterocycles. The van der Waals surface area contributed by atoms with E-state index in [1.54, 1.807) is 30.5 Å². The van der Waals surface area contributed by atoms with Crippen molar-refractivity contribution in [2.45, 2.75) is 36.7 Å². The van der Waals surface area contributed by atoms with E-state index < -0.39 is 15.7 Å². The van der Waals surface area contributed by atoms with Crippen LogP contribution in [0.2, 0.25) is 0 Å². The van der Waals surface area contributed by atoms with Crippen LogP contribution >= 0.6 is 0 Å². The SMILES string of the molecule is Cc1ccc(S(=O)(=O)OCCCOC2(c3ccccn3)CCOCC2)cc1.